The van der Waals surface area contributed by atoms with Crippen LogP contribution in [0.25, 0.3) is 0 Å². The van der Waals surface area contributed by atoms with Crippen molar-refractivity contribution in [2.24, 2.45) is 0 Å². The summed E-state index contributed by atoms with van der Waals surface area (Å²) in [6.45, 7) is 6.17. The summed E-state index contributed by atoms with van der Waals surface area (Å²) in [4.78, 5) is 4.12. The van der Waals surface area contributed by atoms with Crippen LogP contribution in [-0.4, -0.2) is 16.2 Å². The molecule has 1 aromatic carbocycles. The maximum Gasteiger partial charge on any atom is 0.245 e. The molecule has 19 heavy (non-hydrogen) atoms. The minimum absolute atomic E-state index is 0.105. The Balaban J connectivity index is 2.05. The SMILES string of the molecule is Cc1noc(CNc2cc(N)cc(OC(C)C)c2)n1. The summed E-state index contributed by atoms with van der Waals surface area (Å²) in [5.74, 6) is 1.89. The third-order valence-corrected chi connectivity index (χ3v) is 2.31. The second-order valence-electron chi connectivity index (χ2n) is 4.55. The van der Waals surface area contributed by atoms with Crippen molar-refractivity contribution in [3.8, 4) is 5.75 Å². The Bertz CT molecular complexity index is 551. The van der Waals surface area contributed by atoms with E-state index in [-0.39, 0.29) is 6.10 Å². The van der Waals surface area contributed by atoms with E-state index in [1.165, 1.54) is 0 Å². The number of benzene rings is 1. The number of nitrogens with two attached hydrogens (primary N) is 1. The Hall–Kier alpha value is -2.24. The quantitative estimate of drug-likeness (QED) is 0.804. The normalized spacial score (nSPS) is 10.7. The summed E-state index contributed by atoms with van der Waals surface area (Å²) in [6, 6.07) is 5.51. The Labute approximate surface area is 112 Å². The minimum Gasteiger partial charge on any atom is -0.491 e. The number of hydrogen-bond acceptors (Lipinski definition) is 6. The fourth-order valence-corrected chi connectivity index (χ4v) is 1.65. The molecule has 0 unspecified atom stereocenters. The molecule has 2 aromatic rings. The average molecular weight is 262 g/mol. The van der Waals surface area contributed by atoms with Gasteiger partial charge >= 0.3 is 0 Å². The number of ether oxygens (including phenoxy) is 1. The Morgan fingerprint density at radius 1 is 1.37 bits per heavy atom. The van der Waals surface area contributed by atoms with Gasteiger partial charge in [-0.15, -0.1) is 0 Å². The second-order valence-corrected chi connectivity index (χ2v) is 4.55. The summed E-state index contributed by atoms with van der Waals surface area (Å²) < 4.78 is 10.6. The number of aryl methyl sites for hydroxylation is 1. The van der Waals surface area contributed by atoms with Crippen molar-refractivity contribution in [1.82, 2.24) is 10.1 Å². The highest BCUT2D eigenvalue weighted by Gasteiger charge is 2.05. The predicted molar refractivity (Wildman–Crippen MR) is 73.0 cm³/mol. The summed E-state index contributed by atoms with van der Waals surface area (Å²) in [5, 5.41) is 6.90. The van der Waals surface area contributed by atoms with Gasteiger partial charge in [0.2, 0.25) is 5.89 Å². The van der Waals surface area contributed by atoms with E-state index in [1.54, 1.807) is 13.0 Å². The fraction of sp³-hybridized carbons (Fsp3) is 0.385. The van der Waals surface area contributed by atoms with Crippen LogP contribution in [0, 0.1) is 6.92 Å². The molecule has 2 rings (SSSR count). The molecule has 0 atom stereocenters. The minimum atomic E-state index is 0.105. The number of nitrogens with one attached hydrogen (secondary N) is 1. The summed E-state index contributed by atoms with van der Waals surface area (Å²) in [7, 11) is 0. The lowest BCUT2D eigenvalue weighted by atomic mass is 10.2. The number of aromatic nitrogens is 2. The fourth-order valence-electron chi connectivity index (χ4n) is 1.65. The zero-order chi connectivity index (χ0) is 13.8. The van der Waals surface area contributed by atoms with Crippen molar-refractivity contribution < 1.29 is 9.26 Å². The summed E-state index contributed by atoms with van der Waals surface area (Å²) >= 11 is 0. The first-order valence-electron chi connectivity index (χ1n) is 6.13. The molecule has 0 bridgehead atoms. The molecular formula is C13H18N4O2. The van der Waals surface area contributed by atoms with Gasteiger partial charge < -0.3 is 20.3 Å². The predicted octanol–water partition coefficient (Wildman–Crippen LogP) is 2.36. The first-order chi connectivity index (χ1) is 9.02. The Morgan fingerprint density at radius 2 is 2.16 bits per heavy atom. The highest BCUT2D eigenvalue weighted by molar-refractivity contribution is 5.59. The molecule has 0 saturated carbocycles. The van der Waals surface area contributed by atoms with Gasteiger partial charge in [-0.2, -0.15) is 4.98 Å². The third-order valence-electron chi connectivity index (χ3n) is 2.31. The lowest BCUT2D eigenvalue weighted by Crippen LogP contribution is -2.07. The number of nitrogen functional groups attached to an aromatic ring is 1. The van der Waals surface area contributed by atoms with Crippen LogP contribution in [-0.2, 0) is 6.54 Å². The molecule has 102 valence electrons. The van der Waals surface area contributed by atoms with E-state index in [1.807, 2.05) is 26.0 Å². The number of anilines is 2. The summed E-state index contributed by atoms with van der Waals surface area (Å²) in [5.41, 5.74) is 7.33. The summed E-state index contributed by atoms with van der Waals surface area (Å²) in [6.07, 6.45) is 0.105. The molecule has 1 heterocycles. The molecule has 0 aliphatic carbocycles. The molecule has 3 N–H and O–H groups in total. The molecular weight excluding hydrogens is 244 g/mol. The van der Waals surface area contributed by atoms with Gasteiger partial charge in [0.05, 0.1) is 12.6 Å². The van der Waals surface area contributed by atoms with Gasteiger partial charge in [-0.3, -0.25) is 0 Å². The molecule has 0 fully saturated rings. The van der Waals surface area contributed by atoms with Crippen molar-refractivity contribution >= 4 is 11.4 Å². The standard InChI is InChI=1S/C13H18N4O2/c1-8(2)18-12-5-10(14)4-11(6-12)15-7-13-16-9(3)17-19-13/h4-6,8,15H,7,14H2,1-3H3. The van der Waals surface area contributed by atoms with Crippen LogP contribution in [0.2, 0.25) is 0 Å². The average Bonchev–Trinajstić information content (AvgIpc) is 2.71. The lowest BCUT2D eigenvalue weighted by Gasteiger charge is -2.12. The topological polar surface area (TPSA) is 86.2 Å². The van der Waals surface area contributed by atoms with Gasteiger partial charge in [0, 0.05) is 23.5 Å². The van der Waals surface area contributed by atoms with Crippen molar-refractivity contribution in [2.45, 2.75) is 33.4 Å². The van der Waals surface area contributed by atoms with Gasteiger partial charge in [0.15, 0.2) is 5.82 Å². The largest absolute Gasteiger partial charge is 0.491 e. The highest BCUT2D eigenvalue weighted by atomic mass is 16.5. The van der Waals surface area contributed by atoms with Crippen LogP contribution >= 0.6 is 0 Å². The van der Waals surface area contributed by atoms with E-state index in [4.69, 9.17) is 15.0 Å². The van der Waals surface area contributed by atoms with E-state index in [0.29, 0.717) is 23.9 Å². The second kappa shape index (κ2) is 5.60. The van der Waals surface area contributed by atoms with Crippen LogP contribution in [0.15, 0.2) is 22.7 Å². The number of hydrogen-bond donors (Lipinski definition) is 2. The zero-order valence-corrected chi connectivity index (χ0v) is 11.3. The number of nitrogens with zero attached hydrogens (tertiary/aromatic N) is 2. The molecule has 0 aliphatic heterocycles. The van der Waals surface area contributed by atoms with Gasteiger partial charge in [0.25, 0.3) is 0 Å². The van der Waals surface area contributed by atoms with Gasteiger partial charge in [-0.25, -0.2) is 0 Å². The van der Waals surface area contributed by atoms with E-state index in [2.05, 4.69) is 15.5 Å². The van der Waals surface area contributed by atoms with Crippen LogP contribution in [0.4, 0.5) is 11.4 Å². The van der Waals surface area contributed by atoms with E-state index in [9.17, 15) is 0 Å². The molecule has 0 spiro atoms. The molecule has 0 radical (unpaired) electrons. The van der Waals surface area contributed by atoms with Crippen LogP contribution in [0.3, 0.4) is 0 Å². The van der Waals surface area contributed by atoms with Crippen molar-refractivity contribution in [1.29, 1.82) is 0 Å². The van der Waals surface area contributed by atoms with Crippen molar-refractivity contribution in [3.05, 3.63) is 29.9 Å². The number of rotatable bonds is 5. The molecule has 0 amide bonds. The van der Waals surface area contributed by atoms with Crippen molar-refractivity contribution in [2.75, 3.05) is 11.1 Å². The van der Waals surface area contributed by atoms with Gasteiger partial charge in [-0.1, -0.05) is 5.16 Å². The smallest absolute Gasteiger partial charge is 0.245 e. The maximum atomic E-state index is 5.84. The van der Waals surface area contributed by atoms with Crippen LogP contribution in [0.5, 0.6) is 5.75 Å². The molecule has 0 saturated heterocycles. The first kappa shape index (κ1) is 13.2. The maximum absolute atomic E-state index is 5.84. The van der Waals surface area contributed by atoms with Gasteiger partial charge in [0.1, 0.15) is 5.75 Å². The van der Waals surface area contributed by atoms with Crippen molar-refractivity contribution in [3.63, 3.8) is 0 Å². The molecule has 1 aromatic heterocycles. The Morgan fingerprint density at radius 3 is 2.79 bits per heavy atom. The molecule has 6 nitrogen and oxygen atoms in total. The zero-order valence-electron chi connectivity index (χ0n) is 11.3. The van der Waals surface area contributed by atoms with Gasteiger partial charge in [-0.05, 0) is 26.8 Å². The monoisotopic (exact) mass is 262 g/mol. The Kier molecular flexibility index (Phi) is 3.89. The first-order valence-corrected chi connectivity index (χ1v) is 6.13. The van der Waals surface area contributed by atoms with Crippen LogP contribution < -0.4 is 15.8 Å². The van der Waals surface area contributed by atoms with E-state index < -0.39 is 0 Å². The molecule has 0 aliphatic rings. The van der Waals surface area contributed by atoms with Crippen LogP contribution in [0.1, 0.15) is 25.6 Å². The lowest BCUT2D eigenvalue weighted by molar-refractivity contribution is 0.242. The highest BCUT2D eigenvalue weighted by Crippen LogP contribution is 2.23. The van der Waals surface area contributed by atoms with E-state index in [0.717, 1.165) is 11.4 Å². The molecule has 6 heteroatoms. The van der Waals surface area contributed by atoms with E-state index >= 15 is 0 Å². The third kappa shape index (κ3) is 3.87.